The van der Waals surface area contributed by atoms with Crippen molar-refractivity contribution in [3.05, 3.63) is 68.7 Å². The molecule has 0 saturated carbocycles. The van der Waals surface area contributed by atoms with Crippen LogP contribution in [0.25, 0.3) is 10.9 Å². The van der Waals surface area contributed by atoms with Crippen molar-refractivity contribution in [3.8, 4) is 5.75 Å². The Morgan fingerprint density at radius 1 is 1.08 bits per heavy atom. The van der Waals surface area contributed by atoms with E-state index >= 15 is 0 Å². The number of hydrogen-bond acceptors (Lipinski definition) is 3. The van der Waals surface area contributed by atoms with Crippen LogP contribution >= 0.6 is 31.9 Å². The lowest BCUT2D eigenvalue weighted by atomic mass is 10.1. The first-order valence-corrected chi connectivity index (χ1v) is 9.29. The molecular formula is C19H15Br2NO3. The summed E-state index contributed by atoms with van der Waals surface area (Å²) in [5.74, 6) is -0.135. The van der Waals surface area contributed by atoms with Gasteiger partial charge in [0.05, 0.1) is 20.2 Å². The number of benzene rings is 2. The van der Waals surface area contributed by atoms with Crippen LogP contribution in [-0.2, 0) is 17.8 Å². The number of aromatic nitrogens is 1. The predicted octanol–water partition coefficient (Wildman–Crippen LogP) is 5.36. The van der Waals surface area contributed by atoms with Crippen molar-refractivity contribution in [1.29, 1.82) is 0 Å². The average Bonchev–Trinajstić information content (AvgIpc) is 2.59. The summed E-state index contributed by atoms with van der Waals surface area (Å²) >= 11 is 6.99. The molecule has 0 aliphatic heterocycles. The van der Waals surface area contributed by atoms with E-state index in [0.717, 1.165) is 31.1 Å². The average molecular weight is 465 g/mol. The molecule has 0 fully saturated rings. The zero-order valence-corrected chi connectivity index (χ0v) is 16.4. The minimum absolute atomic E-state index is 0.0973. The lowest BCUT2D eigenvalue weighted by Crippen LogP contribution is -2.01. The number of pyridine rings is 1. The van der Waals surface area contributed by atoms with Crippen LogP contribution in [-0.4, -0.2) is 16.1 Å². The number of para-hydroxylation sites is 1. The molecule has 0 atom stereocenters. The standard InChI is InChI=1S/C19H15Br2NO3/c20-15-9-12(5-8-18(23)24)10-16(21)19(15)25-11-14-7-6-13-3-1-2-4-17(13)22-14/h1-4,6-7,9-10H,5,8,11H2,(H,23,24). The first-order chi connectivity index (χ1) is 12.0. The Morgan fingerprint density at radius 2 is 1.80 bits per heavy atom. The van der Waals surface area contributed by atoms with Gasteiger partial charge in [-0.25, -0.2) is 4.98 Å². The summed E-state index contributed by atoms with van der Waals surface area (Å²) in [7, 11) is 0. The third-order valence-electron chi connectivity index (χ3n) is 3.71. The maximum atomic E-state index is 10.7. The molecule has 1 aromatic heterocycles. The fourth-order valence-corrected chi connectivity index (χ4v) is 3.99. The molecule has 0 aliphatic carbocycles. The van der Waals surface area contributed by atoms with Crippen molar-refractivity contribution in [1.82, 2.24) is 4.98 Å². The van der Waals surface area contributed by atoms with Gasteiger partial charge in [-0.2, -0.15) is 0 Å². The largest absolute Gasteiger partial charge is 0.485 e. The Bertz CT molecular complexity index is 904. The normalized spacial score (nSPS) is 10.8. The molecule has 3 rings (SSSR count). The van der Waals surface area contributed by atoms with Gasteiger partial charge in [-0.05, 0) is 68.1 Å². The highest BCUT2D eigenvalue weighted by molar-refractivity contribution is 9.11. The highest BCUT2D eigenvalue weighted by Gasteiger charge is 2.11. The summed E-state index contributed by atoms with van der Waals surface area (Å²) in [5, 5.41) is 9.89. The van der Waals surface area contributed by atoms with Crippen LogP contribution in [0.15, 0.2) is 57.5 Å². The molecular weight excluding hydrogens is 450 g/mol. The van der Waals surface area contributed by atoms with E-state index in [1.54, 1.807) is 0 Å². The fourth-order valence-electron chi connectivity index (χ4n) is 2.48. The second-order valence-corrected chi connectivity index (χ2v) is 7.27. The molecule has 0 amide bonds. The second-order valence-electron chi connectivity index (χ2n) is 5.57. The smallest absolute Gasteiger partial charge is 0.303 e. The van der Waals surface area contributed by atoms with E-state index < -0.39 is 5.97 Å². The van der Waals surface area contributed by atoms with E-state index in [1.165, 1.54) is 0 Å². The van der Waals surface area contributed by atoms with Crippen molar-refractivity contribution in [2.45, 2.75) is 19.4 Å². The van der Waals surface area contributed by atoms with E-state index in [-0.39, 0.29) is 6.42 Å². The van der Waals surface area contributed by atoms with Crippen molar-refractivity contribution in [2.75, 3.05) is 0 Å². The number of fused-ring (bicyclic) bond motifs is 1. The molecule has 0 unspecified atom stereocenters. The third-order valence-corrected chi connectivity index (χ3v) is 4.88. The Kier molecular flexibility index (Phi) is 5.71. The summed E-state index contributed by atoms with van der Waals surface area (Å²) < 4.78 is 7.47. The molecule has 6 heteroatoms. The third kappa shape index (κ3) is 4.58. The molecule has 0 aliphatic rings. The first kappa shape index (κ1) is 17.9. The van der Waals surface area contributed by atoms with Gasteiger partial charge in [0.15, 0.2) is 0 Å². The predicted molar refractivity (Wildman–Crippen MR) is 104 cm³/mol. The van der Waals surface area contributed by atoms with E-state index in [4.69, 9.17) is 9.84 Å². The van der Waals surface area contributed by atoms with E-state index in [9.17, 15) is 4.79 Å². The number of rotatable bonds is 6. The number of nitrogens with zero attached hydrogens (tertiary/aromatic N) is 1. The summed E-state index contributed by atoms with van der Waals surface area (Å²) in [6, 6.07) is 15.7. The molecule has 128 valence electrons. The Balaban J connectivity index is 1.74. The molecule has 0 bridgehead atoms. The van der Waals surface area contributed by atoms with Crippen LogP contribution in [0, 0.1) is 0 Å². The SMILES string of the molecule is O=C(O)CCc1cc(Br)c(OCc2ccc3ccccc3n2)c(Br)c1. The first-order valence-electron chi connectivity index (χ1n) is 7.70. The van der Waals surface area contributed by atoms with Gasteiger partial charge >= 0.3 is 5.97 Å². The van der Waals surface area contributed by atoms with Crippen LogP contribution in [0.5, 0.6) is 5.75 Å². The quantitative estimate of drug-likeness (QED) is 0.533. The van der Waals surface area contributed by atoms with Crippen molar-refractivity contribution < 1.29 is 14.6 Å². The maximum Gasteiger partial charge on any atom is 0.303 e. The van der Waals surface area contributed by atoms with E-state index in [2.05, 4.69) is 36.8 Å². The monoisotopic (exact) mass is 463 g/mol. The van der Waals surface area contributed by atoms with Gasteiger partial charge in [0.1, 0.15) is 12.4 Å². The van der Waals surface area contributed by atoms with Crippen molar-refractivity contribution >= 4 is 48.7 Å². The topological polar surface area (TPSA) is 59.4 Å². The van der Waals surface area contributed by atoms with E-state index in [1.807, 2.05) is 48.5 Å². The number of aliphatic carboxylic acids is 1. The van der Waals surface area contributed by atoms with Crippen molar-refractivity contribution in [2.24, 2.45) is 0 Å². The Labute approximate surface area is 162 Å². The number of ether oxygens (including phenoxy) is 1. The summed E-state index contributed by atoms with van der Waals surface area (Å²) in [6.45, 7) is 0.344. The molecule has 0 radical (unpaired) electrons. The number of carboxylic acids is 1. The minimum atomic E-state index is -0.810. The van der Waals surface area contributed by atoms with Gasteiger partial charge in [0, 0.05) is 11.8 Å². The van der Waals surface area contributed by atoms with Gasteiger partial charge in [0.2, 0.25) is 0 Å². The lowest BCUT2D eigenvalue weighted by Gasteiger charge is -2.12. The molecule has 3 aromatic rings. The number of hydrogen-bond donors (Lipinski definition) is 1. The van der Waals surface area contributed by atoms with Gasteiger partial charge in [-0.15, -0.1) is 0 Å². The zero-order valence-electron chi connectivity index (χ0n) is 13.2. The van der Waals surface area contributed by atoms with Crippen LogP contribution in [0.2, 0.25) is 0 Å². The van der Waals surface area contributed by atoms with Crippen molar-refractivity contribution in [3.63, 3.8) is 0 Å². The number of carbonyl (C=O) groups is 1. The Hall–Kier alpha value is -1.92. The summed E-state index contributed by atoms with van der Waals surface area (Å²) in [5.41, 5.74) is 2.70. The second kappa shape index (κ2) is 7.97. The number of aryl methyl sites for hydroxylation is 1. The molecule has 25 heavy (non-hydrogen) atoms. The van der Waals surface area contributed by atoms with Crippen LogP contribution in [0.4, 0.5) is 0 Å². The molecule has 4 nitrogen and oxygen atoms in total. The highest BCUT2D eigenvalue weighted by Crippen LogP contribution is 2.35. The minimum Gasteiger partial charge on any atom is -0.485 e. The van der Waals surface area contributed by atoms with Crippen LogP contribution in [0.1, 0.15) is 17.7 Å². The summed E-state index contributed by atoms with van der Waals surface area (Å²) in [6.07, 6.45) is 0.569. The van der Waals surface area contributed by atoms with Gasteiger partial charge in [-0.1, -0.05) is 24.3 Å². The van der Waals surface area contributed by atoms with Crippen LogP contribution < -0.4 is 4.74 Å². The molecule has 0 saturated heterocycles. The lowest BCUT2D eigenvalue weighted by molar-refractivity contribution is -0.136. The number of halogens is 2. The molecule has 2 aromatic carbocycles. The fraction of sp³-hybridized carbons (Fsp3) is 0.158. The Morgan fingerprint density at radius 3 is 2.52 bits per heavy atom. The van der Waals surface area contributed by atoms with E-state index in [0.29, 0.717) is 18.8 Å². The number of carboxylic acid groups (broad SMARTS) is 1. The molecule has 1 heterocycles. The zero-order chi connectivity index (χ0) is 17.8. The van der Waals surface area contributed by atoms with Crippen LogP contribution in [0.3, 0.4) is 0 Å². The van der Waals surface area contributed by atoms with Gasteiger partial charge in [0.25, 0.3) is 0 Å². The highest BCUT2D eigenvalue weighted by atomic mass is 79.9. The molecule has 1 N–H and O–H groups in total. The summed E-state index contributed by atoms with van der Waals surface area (Å²) in [4.78, 5) is 15.3. The maximum absolute atomic E-state index is 10.7. The van der Waals surface area contributed by atoms with Gasteiger partial charge < -0.3 is 9.84 Å². The molecule has 0 spiro atoms. The van der Waals surface area contributed by atoms with Gasteiger partial charge in [-0.3, -0.25) is 4.79 Å².